The van der Waals surface area contributed by atoms with Crippen molar-refractivity contribution in [2.45, 2.75) is 6.18 Å². The summed E-state index contributed by atoms with van der Waals surface area (Å²) in [6.07, 6.45) is 1.56. The minimum Gasteiger partial charge on any atom is -0.319 e. The summed E-state index contributed by atoms with van der Waals surface area (Å²) in [5.74, 6) is -0.230. The molecule has 6 nitrogen and oxygen atoms in total. The van der Waals surface area contributed by atoms with E-state index in [9.17, 15) is 18.0 Å². The number of halogens is 3. The highest BCUT2D eigenvalue weighted by molar-refractivity contribution is 6.04. The number of rotatable bonds is 3. The monoisotopic (exact) mass is 333 g/mol. The molecular weight excluding hydrogens is 323 g/mol. The predicted octanol–water partition coefficient (Wildman–Crippen LogP) is 2.93. The van der Waals surface area contributed by atoms with E-state index in [0.29, 0.717) is 11.6 Å². The topological polar surface area (TPSA) is 72.7 Å². The van der Waals surface area contributed by atoms with Crippen LogP contribution in [0.25, 0.3) is 5.95 Å². The largest absolute Gasteiger partial charge is 0.416 e. The first-order chi connectivity index (χ1) is 11.4. The Morgan fingerprint density at radius 2 is 1.75 bits per heavy atom. The number of amides is 1. The third-order valence-electron chi connectivity index (χ3n) is 3.08. The van der Waals surface area contributed by atoms with Gasteiger partial charge in [-0.05, 0) is 30.3 Å². The van der Waals surface area contributed by atoms with Crippen molar-refractivity contribution in [1.29, 1.82) is 0 Å². The molecule has 1 N–H and O–H groups in total. The molecule has 122 valence electrons. The maximum absolute atomic E-state index is 12.5. The van der Waals surface area contributed by atoms with Crippen LogP contribution in [0.15, 0.2) is 55.1 Å². The first-order valence-corrected chi connectivity index (χ1v) is 6.74. The number of anilines is 1. The first kappa shape index (κ1) is 15.7. The lowest BCUT2D eigenvalue weighted by Crippen LogP contribution is -2.13. The van der Waals surface area contributed by atoms with E-state index in [1.807, 2.05) is 0 Å². The molecular formula is C15H10F3N5O. The zero-order valence-electron chi connectivity index (χ0n) is 12.0. The Labute approximate surface area is 134 Å². The molecule has 0 aliphatic rings. The Morgan fingerprint density at radius 1 is 1.08 bits per heavy atom. The van der Waals surface area contributed by atoms with Crippen LogP contribution in [0.3, 0.4) is 0 Å². The molecule has 0 unspecified atom stereocenters. The van der Waals surface area contributed by atoms with Gasteiger partial charge in [-0.1, -0.05) is 0 Å². The maximum Gasteiger partial charge on any atom is 0.416 e. The highest BCUT2D eigenvalue weighted by Crippen LogP contribution is 2.29. The average Bonchev–Trinajstić information content (AvgIpc) is 3.09. The number of nitrogens with one attached hydrogen (secondary N) is 1. The molecule has 0 radical (unpaired) electrons. The van der Waals surface area contributed by atoms with Gasteiger partial charge in [0, 0.05) is 18.0 Å². The van der Waals surface area contributed by atoms with E-state index in [4.69, 9.17) is 0 Å². The minimum atomic E-state index is -4.44. The Morgan fingerprint density at radius 3 is 2.29 bits per heavy atom. The molecule has 0 aliphatic heterocycles. The number of hydrogen-bond acceptors (Lipinski definition) is 4. The van der Waals surface area contributed by atoms with E-state index in [1.165, 1.54) is 17.1 Å². The van der Waals surface area contributed by atoms with E-state index in [0.717, 1.165) is 24.3 Å². The fourth-order valence-electron chi connectivity index (χ4n) is 1.91. The van der Waals surface area contributed by atoms with Gasteiger partial charge in [-0.3, -0.25) is 4.79 Å². The van der Waals surface area contributed by atoms with Crippen molar-refractivity contribution in [3.63, 3.8) is 0 Å². The number of nitrogens with zero attached hydrogens (tertiary/aromatic N) is 4. The average molecular weight is 333 g/mol. The zero-order valence-corrected chi connectivity index (χ0v) is 12.0. The van der Waals surface area contributed by atoms with Crippen molar-refractivity contribution in [2.24, 2.45) is 0 Å². The quantitative estimate of drug-likeness (QED) is 0.800. The molecule has 3 aromatic rings. The molecule has 3 rings (SSSR count). The van der Waals surface area contributed by atoms with E-state index in [2.05, 4.69) is 20.4 Å². The Balaban J connectivity index is 1.70. The van der Waals surface area contributed by atoms with E-state index in [-0.39, 0.29) is 5.56 Å². The number of benzene rings is 1. The number of carbonyl (C=O) groups excluding carboxylic acids is 1. The van der Waals surface area contributed by atoms with Gasteiger partial charge in [-0.2, -0.15) is 18.3 Å². The molecule has 24 heavy (non-hydrogen) atoms. The second-order valence-electron chi connectivity index (χ2n) is 4.75. The van der Waals surface area contributed by atoms with E-state index >= 15 is 0 Å². The van der Waals surface area contributed by atoms with Crippen LogP contribution in [-0.2, 0) is 6.18 Å². The molecule has 0 bridgehead atoms. The summed E-state index contributed by atoms with van der Waals surface area (Å²) in [6.45, 7) is 0. The second kappa shape index (κ2) is 6.11. The Bertz CT molecular complexity index is 827. The van der Waals surface area contributed by atoms with Crippen LogP contribution < -0.4 is 5.32 Å². The summed E-state index contributed by atoms with van der Waals surface area (Å²) < 4.78 is 38.9. The van der Waals surface area contributed by atoms with Crippen LogP contribution in [0.2, 0.25) is 0 Å². The van der Waals surface area contributed by atoms with Gasteiger partial charge >= 0.3 is 6.18 Å². The van der Waals surface area contributed by atoms with Crippen LogP contribution in [0.1, 0.15) is 15.9 Å². The van der Waals surface area contributed by atoms with Gasteiger partial charge in [0.2, 0.25) is 0 Å². The van der Waals surface area contributed by atoms with Gasteiger partial charge in [0.05, 0.1) is 23.6 Å². The zero-order chi connectivity index (χ0) is 17.2. The summed E-state index contributed by atoms with van der Waals surface area (Å²) in [4.78, 5) is 20.1. The van der Waals surface area contributed by atoms with Crippen molar-refractivity contribution < 1.29 is 18.0 Å². The third kappa shape index (κ3) is 3.40. The molecule has 0 atom stereocenters. The lowest BCUT2D eigenvalue weighted by Gasteiger charge is -2.08. The molecule has 0 saturated carbocycles. The smallest absolute Gasteiger partial charge is 0.319 e. The summed E-state index contributed by atoms with van der Waals surface area (Å²) in [5.41, 5.74) is -0.402. The molecule has 2 aromatic heterocycles. The number of alkyl halides is 3. The fraction of sp³-hybridized carbons (Fsp3) is 0.0667. The normalized spacial score (nSPS) is 11.3. The number of aromatic nitrogens is 4. The SMILES string of the molecule is O=C(Nc1cnc(-n2cccn2)nc1)c1ccc(C(F)(F)F)cc1. The van der Waals surface area contributed by atoms with Gasteiger partial charge in [-0.25, -0.2) is 14.6 Å². The van der Waals surface area contributed by atoms with Gasteiger partial charge in [0.15, 0.2) is 0 Å². The van der Waals surface area contributed by atoms with Crippen LogP contribution in [-0.4, -0.2) is 25.7 Å². The van der Waals surface area contributed by atoms with E-state index in [1.54, 1.807) is 18.5 Å². The molecule has 0 spiro atoms. The standard InChI is InChI=1S/C15H10F3N5O/c16-15(17,18)11-4-2-10(3-5-11)13(24)22-12-8-19-14(20-9-12)23-7-1-6-21-23/h1-9H,(H,22,24). The summed E-state index contributed by atoms with van der Waals surface area (Å²) in [5, 5.41) is 6.48. The van der Waals surface area contributed by atoms with E-state index < -0.39 is 17.6 Å². The van der Waals surface area contributed by atoms with Crippen LogP contribution in [0.4, 0.5) is 18.9 Å². The summed E-state index contributed by atoms with van der Waals surface area (Å²) in [7, 11) is 0. The van der Waals surface area contributed by atoms with Gasteiger partial charge in [0.25, 0.3) is 11.9 Å². The fourth-order valence-corrected chi connectivity index (χ4v) is 1.91. The van der Waals surface area contributed by atoms with Crippen molar-refractivity contribution in [3.05, 3.63) is 66.2 Å². The maximum atomic E-state index is 12.5. The molecule has 0 fully saturated rings. The number of hydrogen-bond donors (Lipinski definition) is 1. The molecule has 1 amide bonds. The van der Waals surface area contributed by atoms with Gasteiger partial charge < -0.3 is 5.32 Å². The van der Waals surface area contributed by atoms with Crippen molar-refractivity contribution in [2.75, 3.05) is 5.32 Å². The molecule has 2 heterocycles. The highest BCUT2D eigenvalue weighted by Gasteiger charge is 2.30. The van der Waals surface area contributed by atoms with Crippen LogP contribution in [0, 0.1) is 0 Å². The predicted molar refractivity (Wildman–Crippen MR) is 78.6 cm³/mol. The molecule has 1 aromatic carbocycles. The van der Waals surface area contributed by atoms with Gasteiger partial charge in [0.1, 0.15) is 0 Å². The second-order valence-corrected chi connectivity index (χ2v) is 4.75. The highest BCUT2D eigenvalue weighted by atomic mass is 19.4. The minimum absolute atomic E-state index is 0.0964. The molecule has 9 heteroatoms. The van der Waals surface area contributed by atoms with Crippen molar-refractivity contribution >= 4 is 11.6 Å². The van der Waals surface area contributed by atoms with Crippen molar-refractivity contribution in [3.8, 4) is 5.95 Å². The van der Waals surface area contributed by atoms with Crippen LogP contribution >= 0.6 is 0 Å². The first-order valence-electron chi connectivity index (χ1n) is 6.74. The summed E-state index contributed by atoms with van der Waals surface area (Å²) in [6, 6.07) is 5.64. The molecule has 0 saturated heterocycles. The third-order valence-corrected chi connectivity index (χ3v) is 3.08. The lowest BCUT2D eigenvalue weighted by atomic mass is 10.1. The van der Waals surface area contributed by atoms with Gasteiger partial charge in [-0.15, -0.1) is 0 Å². The summed E-state index contributed by atoms with van der Waals surface area (Å²) >= 11 is 0. The number of carbonyl (C=O) groups is 1. The lowest BCUT2D eigenvalue weighted by molar-refractivity contribution is -0.137. The Hall–Kier alpha value is -3.23. The van der Waals surface area contributed by atoms with Crippen LogP contribution in [0.5, 0.6) is 0 Å². The van der Waals surface area contributed by atoms with Crippen molar-refractivity contribution in [1.82, 2.24) is 19.7 Å². The molecule has 0 aliphatic carbocycles. The Kier molecular flexibility index (Phi) is 3.98.